The molecule has 1 aliphatic heterocycles. The van der Waals surface area contributed by atoms with E-state index in [-0.39, 0.29) is 5.41 Å². The van der Waals surface area contributed by atoms with Crippen LogP contribution in [0.2, 0.25) is 0 Å². The van der Waals surface area contributed by atoms with Gasteiger partial charge in [0.05, 0.1) is 10.7 Å². The van der Waals surface area contributed by atoms with Gasteiger partial charge in [-0.1, -0.05) is 63.0 Å². The summed E-state index contributed by atoms with van der Waals surface area (Å²) in [5, 5.41) is 5.13. The molecule has 31 heavy (non-hydrogen) atoms. The number of aromatic nitrogens is 2. The maximum atomic E-state index is 4.61. The van der Waals surface area contributed by atoms with Crippen molar-refractivity contribution in [2.45, 2.75) is 65.2 Å². The first-order valence-corrected chi connectivity index (χ1v) is 11.9. The fourth-order valence-electron chi connectivity index (χ4n) is 6.25. The van der Waals surface area contributed by atoms with Crippen molar-refractivity contribution in [2.24, 2.45) is 7.05 Å². The third-order valence-corrected chi connectivity index (χ3v) is 7.61. The van der Waals surface area contributed by atoms with Crippen LogP contribution in [-0.4, -0.2) is 9.13 Å². The molecule has 5 rings (SSSR count). The summed E-state index contributed by atoms with van der Waals surface area (Å²) in [6, 6.07) is 0. The zero-order valence-corrected chi connectivity index (χ0v) is 19.7. The van der Waals surface area contributed by atoms with Gasteiger partial charge in [0, 0.05) is 51.1 Å². The molecule has 160 valence electrons. The molecule has 0 saturated carbocycles. The summed E-state index contributed by atoms with van der Waals surface area (Å²) in [4.78, 5) is 0. The van der Waals surface area contributed by atoms with Crippen LogP contribution in [0.4, 0.5) is 0 Å². The average Bonchev–Trinajstić information content (AvgIpc) is 3.33. The van der Waals surface area contributed by atoms with Gasteiger partial charge in [0.25, 0.3) is 0 Å². The molecule has 2 aromatic rings. The Balaban J connectivity index is 2.04. The van der Waals surface area contributed by atoms with Crippen molar-refractivity contribution >= 4 is 30.5 Å². The van der Waals surface area contributed by atoms with E-state index in [4.69, 9.17) is 0 Å². The normalized spacial score (nSPS) is 23.3. The van der Waals surface area contributed by atoms with Crippen LogP contribution < -0.4 is 10.6 Å². The highest BCUT2D eigenvalue weighted by atomic mass is 15.1. The van der Waals surface area contributed by atoms with Gasteiger partial charge < -0.3 is 9.13 Å². The lowest BCUT2D eigenvalue weighted by molar-refractivity contribution is 0.570. The number of nitrogens with zero attached hydrogens (tertiary/aromatic N) is 2. The Labute approximate surface area is 185 Å². The lowest BCUT2D eigenvalue weighted by Gasteiger charge is -2.29. The summed E-state index contributed by atoms with van der Waals surface area (Å²) in [7, 11) is 2.22. The standard InChI is InChI=1S/C29H34N2/c1-7-10-14-20-19(4)27(30(6)23(20)8-2)26-21-15-13-18-29(5)22-16-11-12-17-25(22)31(28(21)29)24(26)9-3/h9-11,13-16H,4,7-8,12,17-18H2,1-3,5-6H3/b14-10-,24-9+,27-26+. The molecule has 2 aromatic heterocycles. The van der Waals surface area contributed by atoms with Gasteiger partial charge in [-0.15, -0.1) is 0 Å². The summed E-state index contributed by atoms with van der Waals surface area (Å²) in [5.41, 5.74) is 8.64. The Bertz CT molecular complexity index is 1420. The van der Waals surface area contributed by atoms with Gasteiger partial charge in [0.1, 0.15) is 0 Å². The van der Waals surface area contributed by atoms with Gasteiger partial charge in [0.2, 0.25) is 0 Å². The maximum absolute atomic E-state index is 4.61. The summed E-state index contributed by atoms with van der Waals surface area (Å²) in [6.45, 7) is 13.7. The molecule has 2 nitrogen and oxygen atoms in total. The Kier molecular flexibility index (Phi) is 4.66. The molecule has 0 bridgehead atoms. The lowest BCUT2D eigenvalue weighted by Crippen LogP contribution is -2.24. The van der Waals surface area contributed by atoms with Gasteiger partial charge >= 0.3 is 0 Å². The fourth-order valence-corrected chi connectivity index (χ4v) is 6.25. The lowest BCUT2D eigenvalue weighted by atomic mass is 9.72. The van der Waals surface area contributed by atoms with Crippen LogP contribution in [0, 0.1) is 10.6 Å². The minimum atomic E-state index is 0.0668. The van der Waals surface area contributed by atoms with Crippen LogP contribution in [0.1, 0.15) is 75.9 Å². The Morgan fingerprint density at radius 3 is 2.71 bits per heavy atom. The van der Waals surface area contributed by atoms with E-state index in [0.29, 0.717) is 0 Å². The monoisotopic (exact) mass is 410 g/mol. The van der Waals surface area contributed by atoms with Crippen molar-refractivity contribution in [3.05, 3.63) is 73.5 Å². The average molecular weight is 411 g/mol. The first-order valence-electron chi connectivity index (χ1n) is 11.9. The molecule has 3 aliphatic rings. The maximum Gasteiger partial charge on any atom is 0.0581 e. The molecular weight excluding hydrogens is 376 g/mol. The number of rotatable bonds is 3. The summed E-state index contributed by atoms with van der Waals surface area (Å²) < 4.78 is 5.01. The molecule has 0 radical (unpaired) electrons. The quantitative estimate of drug-likeness (QED) is 0.627. The van der Waals surface area contributed by atoms with Crippen molar-refractivity contribution in [3.8, 4) is 0 Å². The van der Waals surface area contributed by atoms with Crippen LogP contribution in [0.5, 0.6) is 0 Å². The minimum Gasteiger partial charge on any atom is -0.347 e. The molecule has 0 aromatic carbocycles. The molecule has 0 N–H and O–H groups in total. The molecule has 0 amide bonds. The van der Waals surface area contributed by atoms with Crippen LogP contribution >= 0.6 is 0 Å². The first-order chi connectivity index (χ1) is 15.0. The Morgan fingerprint density at radius 1 is 1.19 bits per heavy atom. The van der Waals surface area contributed by atoms with Gasteiger partial charge in [-0.3, -0.25) is 0 Å². The van der Waals surface area contributed by atoms with Crippen molar-refractivity contribution in [1.29, 1.82) is 0 Å². The van der Waals surface area contributed by atoms with E-state index in [0.717, 1.165) is 37.3 Å². The number of fused-ring (bicyclic) bond motifs is 2. The smallest absolute Gasteiger partial charge is 0.0581 e. The molecule has 1 atom stereocenters. The first kappa shape index (κ1) is 20.2. The van der Waals surface area contributed by atoms with E-state index in [1.54, 1.807) is 0 Å². The van der Waals surface area contributed by atoms with E-state index in [1.165, 1.54) is 49.7 Å². The predicted octanol–water partition coefficient (Wildman–Crippen LogP) is 5.56. The summed E-state index contributed by atoms with van der Waals surface area (Å²) in [5.74, 6) is 0. The van der Waals surface area contributed by atoms with Gasteiger partial charge in [-0.05, 0) is 51.5 Å². The number of hydrogen-bond donors (Lipinski definition) is 0. The molecule has 0 fully saturated rings. The van der Waals surface area contributed by atoms with Gasteiger partial charge in [-0.25, -0.2) is 0 Å². The molecule has 0 spiro atoms. The number of allylic oxidation sites excluding steroid dienone is 6. The van der Waals surface area contributed by atoms with Crippen molar-refractivity contribution < 1.29 is 0 Å². The van der Waals surface area contributed by atoms with E-state index >= 15 is 0 Å². The van der Waals surface area contributed by atoms with Gasteiger partial charge in [0.15, 0.2) is 0 Å². The highest BCUT2D eigenvalue weighted by molar-refractivity contribution is 5.76. The highest BCUT2D eigenvalue weighted by Gasteiger charge is 2.44. The molecule has 1 unspecified atom stereocenters. The topological polar surface area (TPSA) is 9.86 Å². The second-order valence-corrected chi connectivity index (χ2v) is 9.30. The second kappa shape index (κ2) is 7.15. The van der Waals surface area contributed by atoms with Crippen molar-refractivity contribution in [1.82, 2.24) is 9.13 Å². The molecular formula is C29H34N2. The highest BCUT2D eigenvalue weighted by Crippen LogP contribution is 2.51. The van der Waals surface area contributed by atoms with Crippen LogP contribution in [0.3, 0.4) is 0 Å². The van der Waals surface area contributed by atoms with E-state index in [9.17, 15) is 0 Å². The van der Waals surface area contributed by atoms with Crippen LogP contribution in [0.15, 0.2) is 29.9 Å². The largest absolute Gasteiger partial charge is 0.347 e. The van der Waals surface area contributed by atoms with Crippen molar-refractivity contribution in [3.63, 3.8) is 0 Å². The molecule has 2 aliphatic carbocycles. The predicted molar refractivity (Wildman–Crippen MR) is 134 cm³/mol. The Hall–Kier alpha value is -2.74. The van der Waals surface area contributed by atoms with Crippen molar-refractivity contribution in [2.75, 3.05) is 0 Å². The SMILES string of the molecule is C=c1c(/C=C\CC)c(CC)n(C)/c1=c1\c2c3n(\c1=C\C)C1=C(C=CCC1)C3(C)CC=C2. The van der Waals surface area contributed by atoms with Gasteiger partial charge in [-0.2, -0.15) is 0 Å². The third kappa shape index (κ3) is 2.51. The van der Waals surface area contributed by atoms with E-state index < -0.39 is 0 Å². The van der Waals surface area contributed by atoms with Crippen LogP contribution in [0.25, 0.3) is 30.5 Å². The third-order valence-electron chi connectivity index (χ3n) is 7.61. The fraction of sp³-hybridized carbons (Fsp3) is 0.379. The molecule has 0 saturated heterocycles. The van der Waals surface area contributed by atoms with E-state index in [1.807, 2.05) is 0 Å². The van der Waals surface area contributed by atoms with Crippen LogP contribution in [-0.2, 0) is 18.9 Å². The minimum absolute atomic E-state index is 0.0668. The molecule has 2 heteroatoms. The molecule has 3 heterocycles. The Morgan fingerprint density at radius 2 is 2.00 bits per heavy atom. The van der Waals surface area contributed by atoms with E-state index in [2.05, 4.69) is 93.0 Å². The summed E-state index contributed by atoms with van der Waals surface area (Å²) in [6.07, 6.45) is 21.7. The zero-order chi connectivity index (χ0) is 21.9. The summed E-state index contributed by atoms with van der Waals surface area (Å²) >= 11 is 0. The second-order valence-electron chi connectivity index (χ2n) is 9.30. The number of hydrogen-bond acceptors (Lipinski definition) is 0. The zero-order valence-electron chi connectivity index (χ0n) is 19.7.